The van der Waals surface area contributed by atoms with Crippen LogP contribution in [0.3, 0.4) is 0 Å². The first-order valence-corrected chi connectivity index (χ1v) is 7.31. The van der Waals surface area contributed by atoms with E-state index < -0.39 is 11.8 Å². The van der Waals surface area contributed by atoms with Gasteiger partial charge in [-0.25, -0.2) is 4.39 Å². The fourth-order valence-corrected chi connectivity index (χ4v) is 2.35. The summed E-state index contributed by atoms with van der Waals surface area (Å²) in [5.41, 5.74) is 1.68. The van der Waals surface area contributed by atoms with Crippen molar-refractivity contribution >= 4 is 28.5 Å². The first-order valence-electron chi connectivity index (χ1n) is 7.31. The lowest BCUT2D eigenvalue weighted by Crippen LogP contribution is -2.36. The molecule has 0 aliphatic rings. The molecule has 3 aromatic rings. The third kappa shape index (κ3) is 3.43. The molecule has 0 saturated carbocycles. The predicted molar refractivity (Wildman–Crippen MR) is 84.8 cm³/mol. The standard InChI is InChI=1S/C16H15FN4O3/c1-9-6-14(21-24-9)20-16(23)15(22)18-5-4-10-8-19-13-3-2-11(17)7-12(10)13/h2-3,6-8,19H,4-5H2,1H3,(H,18,22)(H,20,21,23). The SMILES string of the molecule is Cc1cc(NC(=O)C(=O)NCCc2c[nH]c3ccc(F)cc23)no1. The van der Waals surface area contributed by atoms with Crippen molar-refractivity contribution in [3.05, 3.63) is 47.6 Å². The number of amides is 2. The monoisotopic (exact) mass is 330 g/mol. The number of aromatic nitrogens is 2. The van der Waals surface area contributed by atoms with Crippen molar-refractivity contribution in [2.24, 2.45) is 0 Å². The van der Waals surface area contributed by atoms with Gasteiger partial charge in [-0.05, 0) is 37.1 Å². The minimum Gasteiger partial charge on any atom is -0.361 e. The van der Waals surface area contributed by atoms with Gasteiger partial charge in [0, 0.05) is 29.7 Å². The van der Waals surface area contributed by atoms with Gasteiger partial charge in [0.15, 0.2) is 5.82 Å². The summed E-state index contributed by atoms with van der Waals surface area (Å²) in [5, 5.41) is 9.17. The molecular formula is C16H15FN4O3. The molecule has 3 rings (SSSR count). The molecule has 0 spiro atoms. The Hall–Kier alpha value is -3.16. The van der Waals surface area contributed by atoms with Crippen LogP contribution >= 0.6 is 0 Å². The van der Waals surface area contributed by atoms with Crippen LogP contribution in [0.4, 0.5) is 10.2 Å². The van der Waals surface area contributed by atoms with Crippen molar-refractivity contribution in [3.8, 4) is 0 Å². The Bertz CT molecular complexity index is 900. The number of hydrogen-bond acceptors (Lipinski definition) is 4. The van der Waals surface area contributed by atoms with Crippen LogP contribution < -0.4 is 10.6 Å². The highest BCUT2D eigenvalue weighted by Crippen LogP contribution is 2.19. The van der Waals surface area contributed by atoms with Crippen molar-refractivity contribution in [1.29, 1.82) is 0 Å². The maximum absolute atomic E-state index is 13.3. The first-order chi connectivity index (χ1) is 11.5. The summed E-state index contributed by atoms with van der Waals surface area (Å²) >= 11 is 0. The Balaban J connectivity index is 1.54. The zero-order valence-electron chi connectivity index (χ0n) is 12.9. The zero-order valence-corrected chi connectivity index (χ0v) is 12.9. The summed E-state index contributed by atoms with van der Waals surface area (Å²) in [6.07, 6.45) is 2.22. The van der Waals surface area contributed by atoms with E-state index >= 15 is 0 Å². The Morgan fingerprint density at radius 2 is 2.12 bits per heavy atom. The van der Waals surface area contributed by atoms with Gasteiger partial charge < -0.3 is 14.8 Å². The Morgan fingerprint density at radius 3 is 2.88 bits per heavy atom. The summed E-state index contributed by atoms with van der Waals surface area (Å²) in [5.74, 6) is -1.22. The molecule has 2 aromatic heterocycles. The fourth-order valence-electron chi connectivity index (χ4n) is 2.35. The molecule has 0 aliphatic heterocycles. The molecule has 0 saturated heterocycles. The lowest BCUT2D eigenvalue weighted by Gasteiger charge is -2.04. The molecule has 0 unspecified atom stereocenters. The topological polar surface area (TPSA) is 100 Å². The molecule has 3 N–H and O–H groups in total. The lowest BCUT2D eigenvalue weighted by molar-refractivity contribution is -0.136. The number of carbonyl (C=O) groups excluding carboxylic acids is 2. The van der Waals surface area contributed by atoms with Gasteiger partial charge in [-0.15, -0.1) is 0 Å². The molecule has 1 aromatic carbocycles. The average molecular weight is 330 g/mol. The number of rotatable bonds is 4. The second-order valence-corrected chi connectivity index (χ2v) is 5.29. The normalized spacial score (nSPS) is 10.8. The zero-order chi connectivity index (χ0) is 17.1. The molecular weight excluding hydrogens is 315 g/mol. The van der Waals surface area contributed by atoms with Crippen LogP contribution in [0.1, 0.15) is 11.3 Å². The minimum atomic E-state index is -0.826. The number of aromatic amines is 1. The number of benzene rings is 1. The van der Waals surface area contributed by atoms with E-state index in [4.69, 9.17) is 4.52 Å². The van der Waals surface area contributed by atoms with Crippen LogP contribution in [0, 0.1) is 12.7 Å². The molecule has 0 aliphatic carbocycles. The molecule has 2 amide bonds. The van der Waals surface area contributed by atoms with Crippen LogP contribution in [-0.4, -0.2) is 28.5 Å². The van der Waals surface area contributed by atoms with E-state index in [0.29, 0.717) is 12.2 Å². The van der Waals surface area contributed by atoms with Gasteiger partial charge in [0.2, 0.25) is 0 Å². The highest BCUT2D eigenvalue weighted by atomic mass is 19.1. The molecule has 8 heteroatoms. The minimum absolute atomic E-state index is 0.180. The van der Waals surface area contributed by atoms with E-state index in [1.165, 1.54) is 18.2 Å². The Morgan fingerprint density at radius 1 is 1.29 bits per heavy atom. The van der Waals surface area contributed by atoms with Crippen LogP contribution in [0.25, 0.3) is 10.9 Å². The smallest absolute Gasteiger partial charge is 0.314 e. The van der Waals surface area contributed by atoms with E-state index in [1.54, 1.807) is 19.2 Å². The summed E-state index contributed by atoms with van der Waals surface area (Å²) in [6, 6.07) is 5.97. The van der Waals surface area contributed by atoms with Gasteiger partial charge in [-0.3, -0.25) is 14.9 Å². The van der Waals surface area contributed by atoms with E-state index in [2.05, 4.69) is 20.8 Å². The number of aryl methyl sites for hydroxylation is 1. The summed E-state index contributed by atoms with van der Waals surface area (Å²) in [4.78, 5) is 26.5. The van der Waals surface area contributed by atoms with E-state index in [0.717, 1.165) is 16.5 Å². The average Bonchev–Trinajstić information content (AvgIpc) is 3.13. The Kier molecular flexibility index (Phi) is 4.28. The summed E-state index contributed by atoms with van der Waals surface area (Å²) in [6.45, 7) is 1.92. The van der Waals surface area contributed by atoms with Gasteiger partial charge >= 0.3 is 11.8 Å². The maximum Gasteiger partial charge on any atom is 0.314 e. The molecule has 24 heavy (non-hydrogen) atoms. The predicted octanol–water partition coefficient (Wildman–Crippen LogP) is 1.90. The number of carbonyl (C=O) groups is 2. The molecule has 2 heterocycles. The van der Waals surface area contributed by atoms with Crippen LogP contribution in [0.5, 0.6) is 0 Å². The number of nitrogens with one attached hydrogen (secondary N) is 3. The van der Waals surface area contributed by atoms with Crippen molar-refractivity contribution in [2.75, 3.05) is 11.9 Å². The second-order valence-electron chi connectivity index (χ2n) is 5.29. The van der Waals surface area contributed by atoms with Crippen LogP contribution in [-0.2, 0) is 16.0 Å². The molecule has 0 atom stereocenters. The van der Waals surface area contributed by atoms with Crippen molar-refractivity contribution < 1.29 is 18.5 Å². The number of hydrogen-bond donors (Lipinski definition) is 3. The fraction of sp³-hybridized carbons (Fsp3) is 0.188. The second kappa shape index (κ2) is 6.53. The van der Waals surface area contributed by atoms with Crippen molar-refractivity contribution in [2.45, 2.75) is 13.3 Å². The largest absolute Gasteiger partial charge is 0.361 e. The summed E-state index contributed by atoms with van der Waals surface area (Å²) < 4.78 is 18.1. The maximum atomic E-state index is 13.3. The number of fused-ring (bicyclic) bond motifs is 1. The lowest BCUT2D eigenvalue weighted by atomic mass is 10.1. The quantitative estimate of drug-likeness (QED) is 0.636. The molecule has 0 fully saturated rings. The van der Waals surface area contributed by atoms with Crippen molar-refractivity contribution in [1.82, 2.24) is 15.5 Å². The van der Waals surface area contributed by atoms with Gasteiger partial charge in [-0.2, -0.15) is 0 Å². The third-order valence-corrected chi connectivity index (χ3v) is 3.49. The van der Waals surface area contributed by atoms with Gasteiger partial charge in [-0.1, -0.05) is 5.16 Å². The van der Waals surface area contributed by atoms with E-state index in [9.17, 15) is 14.0 Å². The molecule has 0 bridgehead atoms. The summed E-state index contributed by atoms with van der Waals surface area (Å²) in [7, 11) is 0. The van der Waals surface area contributed by atoms with Crippen LogP contribution in [0.2, 0.25) is 0 Å². The number of anilines is 1. The van der Waals surface area contributed by atoms with Gasteiger partial charge in [0.25, 0.3) is 0 Å². The number of H-pyrrole nitrogens is 1. The van der Waals surface area contributed by atoms with Crippen LogP contribution in [0.15, 0.2) is 35.0 Å². The highest BCUT2D eigenvalue weighted by molar-refractivity contribution is 6.39. The number of halogens is 1. The first kappa shape index (κ1) is 15.7. The molecule has 0 radical (unpaired) electrons. The number of nitrogens with zero attached hydrogens (tertiary/aromatic N) is 1. The third-order valence-electron chi connectivity index (χ3n) is 3.49. The van der Waals surface area contributed by atoms with Crippen molar-refractivity contribution in [3.63, 3.8) is 0 Å². The molecule has 124 valence electrons. The molecule has 7 nitrogen and oxygen atoms in total. The van der Waals surface area contributed by atoms with Gasteiger partial charge in [0.1, 0.15) is 11.6 Å². The Labute approximate surface area is 136 Å². The van der Waals surface area contributed by atoms with E-state index in [1.807, 2.05) is 0 Å². The van der Waals surface area contributed by atoms with E-state index in [-0.39, 0.29) is 18.2 Å². The van der Waals surface area contributed by atoms with Gasteiger partial charge in [0.05, 0.1) is 0 Å². The highest BCUT2D eigenvalue weighted by Gasteiger charge is 2.15.